The number of anilines is 1. The molecule has 120 valence electrons. The van der Waals surface area contributed by atoms with Gasteiger partial charge in [-0.3, -0.25) is 9.98 Å². The van der Waals surface area contributed by atoms with Gasteiger partial charge in [0.25, 0.3) is 0 Å². The largest absolute Gasteiger partial charge is 0.343 e. The number of allylic oxidation sites excluding steroid dienone is 1. The van der Waals surface area contributed by atoms with Gasteiger partial charge in [-0.2, -0.15) is 0 Å². The number of amidine groups is 1. The standard InChI is InChI=1S/C21H21N3/c1-13-9-17-19(24-20(22-2)21(17)7-4-8-21)11-16(13)18-10-14-5-3-6-15(14)12-23-18/h3,6,9-12H,4-5,7-8H2,1-2H3,(H,22,24). The normalized spacial score (nSPS) is 20.8. The maximum Gasteiger partial charge on any atom is 0.111 e. The molecule has 2 heterocycles. The summed E-state index contributed by atoms with van der Waals surface area (Å²) in [5, 5.41) is 3.58. The van der Waals surface area contributed by atoms with Gasteiger partial charge in [-0.15, -0.1) is 0 Å². The van der Waals surface area contributed by atoms with Crippen molar-refractivity contribution in [2.24, 2.45) is 4.99 Å². The van der Waals surface area contributed by atoms with Crippen LogP contribution < -0.4 is 5.32 Å². The van der Waals surface area contributed by atoms with Crippen LogP contribution in [0.3, 0.4) is 0 Å². The fraction of sp³-hybridized carbons (Fsp3) is 0.333. The predicted molar refractivity (Wildman–Crippen MR) is 99.7 cm³/mol. The SMILES string of the molecule is CN=C1Nc2cc(-c3cc4c(cn3)C=CC4)c(C)cc2C12CCC2. The molecule has 2 aliphatic carbocycles. The Morgan fingerprint density at radius 1 is 1.21 bits per heavy atom. The van der Waals surface area contributed by atoms with E-state index in [9.17, 15) is 0 Å². The molecule has 1 aromatic heterocycles. The van der Waals surface area contributed by atoms with Crippen molar-refractivity contribution in [2.75, 3.05) is 12.4 Å². The van der Waals surface area contributed by atoms with E-state index in [1.54, 1.807) is 0 Å². The molecule has 2 aromatic rings. The molecule has 0 amide bonds. The van der Waals surface area contributed by atoms with Gasteiger partial charge < -0.3 is 5.32 Å². The summed E-state index contributed by atoms with van der Waals surface area (Å²) in [6.45, 7) is 2.20. The highest BCUT2D eigenvalue weighted by molar-refractivity contribution is 6.11. The highest BCUT2D eigenvalue weighted by Crippen LogP contribution is 2.52. The Morgan fingerprint density at radius 2 is 2.08 bits per heavy atom. The van der Waals surface area contributed by atoms with Crippen LogP contribution in [0.1, 0.15) is 41.5 Å². The van der Waals surface area contributed by atoms with Crippen LogP contribution in [0.25, 0.3) is 17.3 Å². The third-order valence-electron chi connectivity index (χ3n) is 5.95. The van der Waals surface area contributed by atoms with Crippen LogP contribution in [-0.2, 0) is 11.8 Å². The van der Waals surface area contributed by atoms with Crippen molar-refractivity contribution in [1.82, 2.24) is 4.98 Å². The fourth-order valence-electron chi connectivity index (χ4n) is 4.46. The van der Waals surface area contributed by atoms with Crippen molar-refractivity contribution in [3.8, 4) is 11.3 Å². The quantitative estimate of drug-likeness (QED) is 0.841. The number of hydrogen-bond donors (Lipinski definition) is 1. The molecule has 0 unspecified atom stereocenters. The van der Waals surface area contributed by atoms with Gasteiger partial charge in [0.2, 0.25) is 0 Å². The molecule has 3 heteroatoms. The maximum atomic E-state index is 4.71. The Kier molecular flexibility index (Phi) is 2.79. The molecule has 0 radical (unpaired) electrons. The molecule has 5 rings (SSSR count). The molecular formula is C21H21N3. The van der Waals surface area contributed by atoms with E-state index in [2.05, 4.69) is 47.6 Å². The fourth-order valence-corrected chi connectivity index (χ4v) is 4.46. The second-order valence-corrected chi connectivity index (χ2v) is 7.22. The van der Waals surface area contributed by atoms with Gasteiger partial charge in [-0.05, 0) is 60.6 Å². The van der Waals surface area contributed by atoms with Gasteiger partial charge in [-0.25, -0.2) is 0 Å². The van der Waals surface area contributed by atoms with Gasteiger partial charge in [0.05, 0.1) is 11.1 Å². The molecular weight excluding hydrogens is 294 g/mol. The average molecular weight is 315 g/mol. The second-order valence-electron chi connectivity index (χ2n) is 7.22. The first-order valence-corrected chi connectivity index (χ1v) is 8.76. The van der Waals surface area contributed by atoms with Gasteiger partial charge in [0.1, 0.15) is 5.84 Å². The monoisotopic (exact) mass is 315 g/mol. The minimum absolute atomic E-state index is 0.155. The van der Waals surface area contributed by atoms with Crippen molar-refractivity contribution in [3.05, 3.63) is 52.7 Å². The molecule has 24 heavy (non-hydrogen) atoms. The summed E-state index contributed by atoms with van der Waals surface area (Å²) in [4.78, 5) is 9.25. The van der Waals surface area contributed by atoms with Crippen LogP contribution in [-0.4, -0.2) is 17.9 Å². The van der Waals surface area contributed by atoms with Crippen molar-refractivity contribution in [2.45, 2.75) is 38.0 Å². The van der Waals surface area contributed by atoms with Crippen molar-refractivity contribution < 1.29 is 0 Å². The third kappa shape index (κ3) is 1.73. The first-order chi connectivity index (χ1) is 11.7. The predicted octanol–water partition coefficient (Wildman–Crippen LogP) is 4.50. The zero-order chi connectivity index (χ0) is 16.3. The number of benzene rings is 1. The van der Waals surface area contributed by atoms with E-state index in [1.807, 2.05) is 13.2 Å². The van der Waals surface area contributed by atoms with E-state index in [4.69, 9.17) is 4.98 Å². The van der Waals surface area contributed by atoms with Crippen LogP contribution in [0.15, 0.2) is 35.5 Å². The van der Waals surface area contributed by atoms with Crippen molar-refractivity contribution in [3.63, 3.8) is 0 Å². The number of aryl methyl sites for hydroxylation is 1. The molecule has 3 nitrogen and oxygen atoms in total. The minimum Gasteiger partial charge on any atom is -0.343 e. The van der Waals surface area contributed by atoms with Crippen LogP contribution in [0.2, 0.25) is 0 Å². The number of aromatic nitrogens is 1. The minimum atomic E-state index is 0.155. The summed E-state index contributed by atoms with van der Waals surface area (Å²) in [7, 11) is 1.90. The Balaban J connectivity index is 1.64. The number of hydrogen-bond acceptors (Lipinski definition) is 2. The Hall–Kier alpha value is -2.42. The smallest absolute Gasteiger partial charge is 0.111 e. The lowest BCUT2D eigenvalue weighted by atomic mass is 9.64. The average Bonchev–Trinajstić information content (AvgIpc) is 3.14. The lowest BCUT2D eigenvalue weighted by Gasteiger charge is -2.38. The number of aliphatic imine (C=N–C) groups is 1. The summed E-state index contributed by atoms with van der Waals surface area (Å²) < 4.78 is 0. The molecule has 0 saturated heterocycles. The molecule has 1 spiro atoms. The molecule has 1 saturated carbocycles. The lowest BCUT2D eigenvalue weighted by molar-refractivity contribution is 0.347. The molecule has 0 atom stereocenters. The Bertz CT molecular complexity index is 917. The van der Waals surface area contributed by atoms with Gasteiger partial charge in [0, 0.05) is 24.5 Å². The highest BCUT2D eigenvalue weighted by atomic mass is 15.1. The maximum absolute atomic E-state index is 4.71. The highest BCUT2D eigenvalue weighted by Gasteiger charge is 2.49. The number of fused-ring (bicyclic) bond motifs is 3. The van der Waals surface area contributed by atoms with Gasteiger partial charge in [0.15, 0.2) is 0 Å². The van der Waals surface area contributed by atoms with Crippen LogP contribution in [0, 0.1) is 6.92 Å². The van der Waals surface area contributed by atoms with Gasteiger partial charge in [-0.1, -0.05) is 24.6 Å². The summed E-state index contributed by atoms with van der Waals surface area (Å²) in [5.41, 5.74) is 9.03. The van der Waals surface area contributed by atoms with E-state index >= 15 is 0 Å². The van der Waals surface area contributed by atoms with E-state index < -0.39 is 0 Å². The van der Waals surface area contributed by atoms with Crippen molar-refractivity contribution >= 4 is 17.6 Å². The first kappa shape index (κ1) is 14.0. The van der Waals surface area contributed by atoms with Crippen LogP contribution in [0.5, 0.6) is 0 Å². The van der Waals surface area contributed by atoms with Gasteiger partial charge >= 0.3 is 0 Å². The molecule has 1 aliphatic heterocycles. The number of pyridine rings is 1. The van der Waals surface area contributed by atoms with E-state index in [1.165, 1.54) is 52.8 Å². The number of nitrogens with zero attached hydrogens (tertiary/aromatic N) is 2. The molecule has 1 fully saturated rings. The summed E-state index contributed by atoms with van der Waals surface area (Å²) >= 11 is 0. The molecule has 1 aromatic carbocycles. The number of nitrogens with one attached hydrogen (secondary N) is 1. The molecule has 1 N–H and O–H groups in total. The summed E-state index contributed by atoms with van der Waals surface area (Å²) in [6.07, 6.45) is 11.1. The molecule has 0 bridgehead atoms. The van der Waals surface area contributed by atoms with E-state index in [0.29, 0.717) is 0 Å². The topological polar surface area (TPSA) is 37.3 Å². The number of rotatable bonds is 1. The summed E-state index contributed by atoms with van der Waals surface area (Å²) in [5.74, 6) is 1.14. The third-order valence-corrected chi connectivity index (χ3v) is 5.95. The van der Waals surface area contributed by atoms with E-state index in [0.717, 1.165) is 18.0 Å². The Morgan fingerprint density at radius 3 is 2.83 bits per heavy atom. The van der Waals surface area contributed by atoms with Crippen molar-refractivity contribution in [1.29, 1.82) is 0 Å². The summed E-state index contributed by atoms with van der Waals surface area (Å²) in [6, 6.07) is 6.88. The second kappa shape index (κ2) is 4.79. The van der Waals surface area contributed by atoms with Crippen LogP contribution >= 0.6 is 0 Å². The van der Waals surface area contributed by atoms with Crippen LogP contribution in [0.4, 0.5) is 5.69 Å². The first-order valence-electron chi connectivity index (χ1n) is 8.76. The Labute approximate surface area is 142 Å². The zero-order valence-corrected chi connectivity index (χ0v) is 14.2. The molecule has 3 aliphatic rings. The lowest BCUT2D eigenvalue weighted by Crippen LogP contribution is -2.41. The zero-order valence-electron chi connectivity index (χ0n) is 14.2. The van der Waals surface area contributed by atoms with E-state index in [-0.39, 0.29) is 5.41 Å².